The molecule has 186 valence electrons. The zero-order valence-corrected chi connectivity index (χ0v) is 21.2. The first-order valence-electron chi connectivity index (χ1n) is 12.6. The van der Waals surface area contributed by atoms with Gasteiger partial charge in [-0.2, -0.15) is 0 Å². The zero-order chi connectivity index (χ0) is 25.2. The summed E-state index contributed by atoms with van der Waals surface area (Å²) in [7, 11) is 0. The number of aromatic amines is 2. The Balaban J connectivity index is 1.41. The summed E-state index contributed by atoms with van der Waals surface area (Å²) in [5.41, 5.74) is 13.1. The standard InChI is InChI=1S/C30H34N4O2/c1-19-4-8-25-24(17-32-27(25)14-19)12-13-34(18-28-21(3)20(2)16-31-28)29-10-7-23-15-22(5-9-26(23)29)6-11-30(35)33-36/h4-6,8-9,11,14-17,29,31-32,36H,7,10,12-13,18H2,1-3H3,(H,33,35). The molecule has 0 fully saturated rings. The fourth-order valence-electron chi connectivity index (χ4n) is 5.44. The highest BCUT2D eigenvalue weighted by Crippen LogP contribution is 2.38. The van der Waals surface area contributed by atoms with Crippen molar-refractivity contribution < 1.29 is 10.0 Å². The summed E-state index contributed by atoms with van der Waals surface area (Å²) in [6.45, 7) is 8.32. The molecule has 1 aliphatic rings. The monoisotopic (exact) mass is 482 g/mol. The molecule has 2 aromatic carbocycles. The molecule has 36 heavy (non-hydrogen) atoms. The Morgan fingerprint density at radius 3 is 2.78 bits per heavy atom. The highest BCUT2D eigenvalue weighted by Gasteiger charge is 2.29. The fraction of sp³-hybridized carbons (Fsp3) is 0.300. The van der Waals surface area contributed by atoms with Gasteiger partial charge in [0, 0.05) is 54.2 Å². The van der Waals surface area contributed by atoms with Crippen molar-refractivity contribution in [3.63, 3.8) is 0 Å². The van der Waals surface area contributed by atoms with Crippen LogP contribution in [0.1, 0.15) is 57.1 Å². The lowest BCUT2D eigenvalue weighted by Crippen LogP contribution is -2.29. The van der Waals surface area contributed by atoms with Crippen LogP contribution in [-0.2, 0) is 24.2 Å². The zero-order valence-electron chi connectivity index (χ0n) is 21.2. The van der Waals surface area contributed by atoms with Gasteiger partial charge in [0.25, 0.3) is 5.91 Å². The van der Waals surface area contributed by atoms with Gasteiger partial charge in [0.05, 0.1) is 0 Å². The molecule has 6 heteroatoms. The van der Waals surface area contributed by atoms with Crippen molar-refractivity contribution in [2.45, 2.75) is 52.6 Å². The van der Waals surface area contributed by atoms with E-state index in [1.807, 2.05) is 0 Å². The van der Waals surface area contributed by atoms with Crippen LogP contribution in [0.5, 0.6) is 0 Å². The van der Waals surface area contributed by atoms with E-state index in [0.717, 1.165) is 37.9 Å². The van der Waals surface area contributed by atoms with E-state index < -0.39 is 5.91 Å². The quantitative estimate of drug-likeness (QED) is 0.148. The minimum absolute atomic E-state index is 0.342. The molecule has 2 aromatic heterocycles. The summed E-state index contributed by atoms with van der Waals surface area (Å²) in [6, 6.07) is 13.4. The van der Waals surface area contributed by atoms with Gasteiger partial charge in [-0.05, 0) is 91.1 Å². The Morgan fingerprint density at radius 2 is 2.00 bits per heavy atom. The number of rotatable bonds is 8. The lowest BCUT2D eigenvalue weighted by Gasteiger charge is -2.30. The number of carbonyl (C=O) groups is 1. The van der Waals surface area contributed by atoms with Gasteiger partial charge in [0.2, 0.25) is 0 Å². The average Bonchev–Trinajstić information content (AvgIpc) is 3.57. The van der Waals surface area contributed by atoms with E-state index in [1.165, 1.54) is 56.1 Å². The molecule has 2 heterocycles. The van der Waals surface area contributed by atoms with Crippen LogP contribution < -0.4 is 5.48 Å². The van der Waals surface area contributed by atoms with Gasteiger partial charge in [-0.15, -0.1) is 0 Å². The second-order valence-corrected chi connectivity index (χ2v) is 9.98. The van der Waals surface area contributed by atoms with Crippen molar-refractivity contribution in [2.75, 3.05) is 6.54 Å². The van der Waals surface area contributed by atoms with Gasteiger partial charge in [-0.25, -0.2) is 5.48 Å². The number of hydrogen-bond acceptors (Lipinski definition) is 3. The highest BCUT2D eigenvalue weighted by atomic mass is 16.5. The molecule has 1 unspecified atom stereocenters. The van der Waals surface area contributed by atoms with Crippen molar-refractivity contribution in [1.29, 1.82) is 0 Å². The van der Waals surface area contributed by atoms with Crippen LogP contribution in [0, 0.1) is 20.8 Å². The largest absolute Gasteiger partial charge is 0.363 e. The third-order valence-electron chi connectivity index (χ3n) is 7.65. The molecule has 4 N–H and O–H groups in total. The van der Waals surface area contributed by atoms with Crippen LogP contribution in [0.15, 0.2) is 54.9 Å². The minimum atomic E-state index is -0.524. The number of benzene rings is 2. The molecule has 0 spiro atoms. The summed E-state index contributed by atoms with van der Waals surface area (Å²) >= 11 is 0. The van der Waals surface area contributed by atoms with Crippen LogP contribution in [0.4, 0.5) is 0 Å². The third-order valence-corrected chi connectivity index (χ3v) is 7.65. The molecule has 0 saturated carbocycles. The molecular formula is C30H34N4O2. The lowest BCUT2D eigenvalue weighted by atomic mass is 10.0. The Labute approximate surface area is 212 Å². The van der Waals surface area contributed by atoms with Gasteiger partial charge in [0.15, 0.2) is 0 Å². The van der Waals surface area contributed by atoms with Gasteiger partial charge in [0.1, 0.15) is 0 Å². The smallest absolute Gasteiger partial charge is 0.267 e. The number of fused-ring (bicyclic) bond motifs is 2. The Hall–Kier alpha value is -3.61. The van der Waals surface area contributed by atoms with Crippen molar-refractivity contribution in [2.24, 2.45) is 0 Å². The first-order chi connectivity index (χ1) is 17.4. The van der Waals surface area contributed by atoms with Gasteiger partial charge in [-0.1, -0.05) is 30.3 Å². The molecule has 6 nitrogen and oxygen atoms in total. The molecule has 5 rings (SSSR count). The molecular weight excluding hydrogens is 448 g/mol. The number of carbonyl (C=O) groups excluding carboxylic acids is 1. The number of aromatic nitrogens is 2. The summed E-state index contributed by atoms with van der Waals surface area (Å²) in [5, 5.41) is 10.0. The maximum atomic E-state index is 11.4. The molecule has 0 aliphatic heterocycles. The molecule has 1 atom stereocenters. The normalized spacial score (nSPS) is 15.3. The van der Waals surface area contributed by atoms with E-state index in [-0.39, 0.29) is 0 Å². The predicted octanol–water partition coefficient (Wildman–Crippen LogP) is 5.67. The van der Waals surface area contributed by atoms with Crippen LogP contribution in [0.2, 0.25) is 0 Å². The Morgan fingerprint density at radius 1 is 1.14 bits per heavy atom. The molecule has 1 aliphatic carbocycles. The van der Waals surface area contributed by atoms with Gasteiger partial charge >= 0.3 is 0 Å². The highest BCUT2D eigenvalue weighted by molar-refractivity contribution is 5.90. The lowest BCUT2D eigenvalue weighted by molar-refractivity contribution is -0.124. The van der Waals surface area contributed by atoms with E-state index in [4.69, 9.17) is 5.21 Å². The summed E-state index contributed by atoms with van der Waals surface area (Å²) < 4.78 is 0. The maximum Gasteiger partial charge on any atom is 0.267 e. The minimum Gasteiger partial charge on any atom is -0.363 e. The molecule has 0 saturated heterocycles. The third kappa shape index (κ3) is 4.87. The second-order valence-electron chi connectivity index (χ2n) is 9.98. The van der Waals surface area contributed by atoms with E-state index in [9.17, 15) is 4.79 Å². The number of H-pyrrole nitrogens is 2. The van der Waals surface area contributed by atoms with Crippen LogP contribution in [0.3, 0.4) is 0 Å². The summed E-state index contributed by atoms with van der Waals surface area (Å²) in [4.78, 5) is 21.0. The predicted molar refractivity (Wildman–Crippen MR) is 144 cm³/mol. The van der Waals surface area contributed by atoms with Crippen molar-refractivity contribution in [1.82, 2.24) is 20.3 Å². The number of hydrogen-bond donors (Lipinski definition) is 4. The van der Waals surface area contributed by atoms with Gasteiger partial charge in [-0.3, -0.25) is 14.9 Å². The summed E-state index contributed by atoms with van der Waals surface area (Å²) in [5.74, 6) is -0.524. The van der Waals surface area contributed by atoms with E-state index in [0.29, 0.717) is 6.04 Å². The number of hydroxylamine groups is 1. The van der Waals surface area contributed by atoms with Gasteiger partial charge < -0.3 is 9.97 Å². The average molecular weight is 483 g/mol. The molecule has 4 aromatic rings. The molecule has 0 radical (unpaired) electrons. The van der Waals surface area contributed by atoms with Crippen LogP contribution in [0.25, 0.3) is 17.0 Å². The first kappa shape index (κ1) is 24.1. The maximum absolute atomic E-state index is 11.4. The van der Waals surface area contributed by atoms with Crippen molar-refractivity contribution >= 4 is 22.9 Å². The second kappa shape index (κ2) is 10.2. The Kier molecular flexibility index (Phi) is 6.81. The van der Waals surface area contributed by atoms with Crippen molar-refractivity contribution in [3.05, 3.63) is 99.5 Å². The van der Waals surface area contributed by atoms with Crippen LogP contribution >= 0.6 is 0 Å². The molecule has 1 amide bonds. The number of aryl methyl sites for hydroxylation is 3. The van der Waals surface area contributed by atoms with Crippen molar-refractivity contribution in [3.8, 4) is 0 Å². The number of amides is 1. The number of nitrogens with one attached hydrogen (secondary N) is 3. The topological polar surface area (TPSA) is 84.2 Å². The van der Waals surface area contributed by atoms with E-state index >= 15 is 0 Å². The number of nitrogens with zero attached hydrogens (tertiary/aromatic N) is 1. The van der Waals surface area contributed by atoms with E-state index in [2.05, 4.69) is 84.4 Å². The Bertz CT molecular complexity index is 1430. The fourth-order valence-corrected chi connectivity index (χ4v) is 5.44. The molecule has 0 bridgehead atoms. The first-order valence-corrected chi connectivity index (χ1v) is 12.6. The van der Waals surface area contributed by atoms with Crippen LogP contribution in [-0.4, -0.2) is 32.5 Å². The van der Waals surface area contributed by atoms with E-state index in [1.54, 1.807) is 11.6 Å². The summed E-state index contributed by atoms with van der Waals surface area (Å²) in [6.07, 6.45) is 10.4. The SMILES string of the molecule is Cc1ccc2c(CCN(Cc3[nH]cc(C)c3C)C3CCc4cc(C=CC(=O)NO)ccc43)c[nH]c2c1.